The minimum atomic E-state index is -3.20. The topological polar surface area (TPSA) is 63.2 Å². The summed E-state index contributed by atoms with van der Waals surface area (Å²) in [5, 5.41) is 2.96. The molecule has 0 amide bonds. The number of benzene rings is 2. The lowest BCUT2D eigenvalue weighted by atomic mass is 10.0. The summed E-state index contributed by atoms with van der Waals surface area (Å²) in [7, 11) is -3.20. The van der Waals surface area contributed by atoms with Gasteiger partial charge in [0.2, 0.25) is 0 Å². The van der Waals surface area contributed by atoms with E-state index in [4.69, 9.17) is 0 Å². The first-order chi connectivity index (χ1) is 10.8. The molecule has 0 atom stereocenters. The van der Waals surface area contributed by atoms with Crippen LogP contribution in [0.2, 0.25) is 0 Å². The van der Waals surface area contributed by atoms with Crippen LogP contribution in [-0.4, -0.2) is 20.5 Å². The van der Waals surface area contributed by atoms with E-state index in [9.17, 15) is 13.2 Å². The number of carbonyl (C=O) groups excluding carboxylic acids is 1. The monoisotopic (exact) mass is 329 g/mol. The summed E-state index contributed by atoms with van der Waals surface area (Å²) >= 11 is 0. The van der Waals surface area contributed by atoms with Gasteiger partial charge in [0.05, 0.1) is 4.90 Å². The molecular weight excluding hydrogens is 310 g/mol. The molecule has 0 saturated carbocycles. The molecule has 1 N–H and O–H groups in total. The molecule has 0 aliphatic heterocycles. The second-order valence-corrected chi connectivity index (χ2v) is 7.47. The van der Waals surface area contributed by atoms with Crippen molar-refractivity contribution in [2.75, 3.05) is 11.6 Å². The molecule has 0 aromatic heterocycles. The van der Waals surface area contributed by atoms with Gasteiger partial charge in [0.25, 0.3) is 0 Å². The van der Waals surface area contributed by atoms with Crippen LogP contribution in [0.15, 0.2) is 59.6 Å². The van der Waals surface area contributed by atoms with Gasteiger partial charge < -0.3 is 5.32 Å². The average Bonchev–Trinajstić information content (AvgIpc) is 2.49. The van der Waals surface area contributed by atoms with Crippen LogP contribution in [0.25, 0.3) is 0 Å². The van der Waals surface area contributed by atoms with E-state index >= 15 is 0 Å². The number of aryl methyl sites for hydroxylation is 2. The summed E-state index contributed by atoms with van der Waals surface area (Å²) in [6, 6.07) is 12.1. The zero-order chi connectivity index (χ0) is 17.0. The molecule has 0 aliphatic carbocycles. The van der Waals surface area contributed by atoms with Crippen LogP contribution < -0.4 is 5.32 Å². The molecule has 120 valence electrons. The highest BCUT2D eigenvalue weighted by atomic mass is 32.2. The van der Waals surface area contributed by atoms with Gasteiger partial charge in [0.1, 0.15) is 0 Å². The van der Waals surface area contributed by atoms with Crippen LogP contribution in [0.5, 0.6) is 0 Å². The Bertz CT molecular complexity index is 850. The fraction of sp³-hybridized carbons (Fsp3) is 0.167. The Balaban J connectivity index is 2.07. The molecule has 0 aliphatic rings. The minimum Gasteiger partial charge on any atom is -0.362 e. The van der Waals surface area contributed by atoms with E-state index in [1.807, 2.05) is 32.0 Å². The van der Waals surface area contributed by atoms with Crippen molar-refractivity contribution in [2.45, 2.75) is 18.7 Å². The van der Waals surface area contributed by atoms with Crippen LogP contribution >= 0.6 is 0 Å². The largest absolute Gasteiger partial charge is 0.362 e. The van der Waals surface area contributed by atoms with Crippen LogP contribution in [0.4, 0.5) is 5.69 Å². The van der Waals surface area contributed by atoms with Crippen LogP contribution in [0.3, 0.4) is 0 Å². The molecule has 0 bridgehead atoms. The molecular formula is C18H19NO3S. The highest BCUT2D eigenvalue weighted by Crippen LogP contribution is 2.15. The number of allylic oxidation sites excluding steroid dienone is 1. The van der Waals surface area contributed by atoms with E-state index in [1.165, 1.54) is 18.2 Å². The number of hydrogen-bond acceptors (Lipinski definition) is 4. The van der Waals surface area contributed by atoms with Gasteiger partial charge in [-0.3, -0.25) is 4.79 Å². The van der Waals surface area contributed by atoms with Gasteiger partial charge in [-0.05, 0) is 49.7 Å². The number of ketones is 1. The second-order valence-electron chi connectivity index (χ2n) is 5.46. The summed E-state index contributed by atoms with van der Waals surface area (Å²) < 4.78 is 22.8. The summed E-state index contributed by atoms with van der Waals surface area (Å²) in [5.41, 5.74) is 3.36. The average molecular weight is 329 g/mol. The molecule has 23 heavy (non-hydrogen) atoms. The third-order valence-corrected chi connectivity index (χ3v) is 4.55. The first-order valence-electron chi connectivity index (χ1n) is 7.12. The Morgan fingerprint density at radius 2 is 1.70 bits per heavy atom. The summed E-state index contributed by atoms with van der Waals surface area (Å²) in [4.78, 5) is 12.4. The number of anilines is 1. The number of hydrogen-bond donors (Lipinski definition) is 1. The summed E-state index contributed by atoms with van der Waals surface area (Å²) in [6.07, 6.45) is 4.18. The lowest BCUT2D eigenvalue weighted by molar-refractivity contribution is 0.104. The van der Waals surface area contributed by atoms with E-state index in [2.05, 4.69) is 5.32 Å². The fourth-order valence-corrected chi connectivity index (χ4v) is 2.73. The molecule has 2 aromatic rings. The fourth-order valence-electron chi connectivity index (χ4n) is 2.10. The van der Waals surface area contributed by atoms with Crippen molar-refractivity contribution in [3.8, 4) is 0 Å². The molecule has 2 rings (SSSR count). The molecule has 0 unspecified atom stereocenters. The normalized spacial score (nSPS) is 11.6. The van der Waals surface area contributed by atoms with E-state index in [0.29, 0.717) is 11.3 Å². The van der Waals surface area contributed by atoms with Gasteiger partial charge in [0.15, 0.2) is 15.6 Å². The molecule has 0 saturated heterocycles. The minimum absolute atomic E-state index is 0.0774. The van der Waals surface area contributed by atoms with Crippen molar-refractivity contribution in [3.05, 3.63) is 71.4 Å². The number of sulfone groups is 1. The third-order valence-electron chi connectivity index (χ3n) is 3.43. The molecule has 0 spiro atoms. The zero-order valence-corrected chi connectivity index (χ0v) is 14.1. The van der Waals surface area contributed by atoms with E-state index in [1.54, 1.807) is 18.3 Å². The number of carbonyl (C=O) groups is 1. The van der Waals surface area contributed by atoms with Gasteiger partial charge in [-0.1, -0.05) is 17.7 Å². The maximum absolute atomic E-state index is 12.2. The smallest absolute Gasteiger partial charge is 0.187 e. The van der Waals surface area contributed by atoms with Gasteiger partial charge in [-0.25, -0.2) is 8.42 Å². The molecule has 0 heterocycles. The van der Waals surface area contributed by atoms with Crippen LogP contribution in [-0.2, 0) is 9.84 Å². The Hall–Kier alpha value is -2.40. The van der Waals surface area contributed by atoms with Crippen molar-refractivity contribution in [1.82, 2.24) is 0 Å². The van der Waals surface area contributed by atoms with E-state index in [0.717, 1.165) is 17.4 Å². The van der Waals surface area contributed by atoms with E-state index < -0.39 is 9.84 Å². The van der Waals surface area contributed by atoms with Gasteiger partial charge in [-0.15, -0.1) is 0 Å². The van der Waals surface area contributed by atoms with Crippen LogP contribution in [0.1, 0.15) is 21.5 Å². The highest BCUT2D eigenvalue weighted by molar-refractivity contribution is 7.90. The Morgan fingerprint density at radius 1 is 1.04 bits per heavy atom. The maximum Gasteiger partial charge on any atom is 0.187 e. The number of nitrogens with one attached hydrogen (secondary N) is 1. The number of rotatable bonds is 5. The third kappa shape index (κ3) is 4.53. The Labute approximate surface area is 136 Å². The lowest BCUT2D eigenvalue weighted by Gasteiger charge is -2.04. The lowest BCUT2D eigenvalue weighted by Crippen LogP contribution is -2.00. The van der Waals surface area contributed by atoms with Gasteiger partial charge in [0, 0.05) is 29.8 Å². The van der Waals surface area contributed by atoms with E-state index in [-0.39, 0.29) is 10.7 Å². The van der Waals surface area contributed by atoms with Crippen molar-refractivity contribution in [3.63, 3.8) is 0 Å². The quantitative estimate of drug-likeness (QED) is 0.673. The van der Waals surface area contributed by atoms with Gasteiger partial charge in [-0.2, -0.15) is 0 Å². The van der Waals surface area contributed by atoms with Crippen molar-refractivity contribution in [2.24, 2.45) is 0 Å². The highest BCUT2D eigenvalue weighted by Gasteiger charge is 2.07. The molecule has 0 radical (unpaired) electrons. The summed E-state index contributed by atoms with van der Waals surface area (Å²) in [6.45, 7) is 3.85. The van der Waals surface area contributed by atoms with Crippen molar-refractivity contribution >= 4 is 21.3 Å². The SMILES string of the molecule is Cc1ccc(C)c(C(=O)C=CNc2ccc(S(C)(=O)=O)cc2)c1. The molecule has 4 nitrogen and oxygen atoms in total. The Kier molecular flexibility index (Phi) is 5.01. The van der Waals surface area contributed by atoms with Crippen molar-refractivity contribution < 1.29 is 13.2 Å². The second kappa shape index (κ2) is 6.79. The summed E-state index contributed by atoms with van der Waals surface area (Å²) in [5.74, 6) is -0.0774. The molecule has 5 heteroatoms. The first-order valence-corrected chi connectivity index (χ1v) is 9.01. The predicted octanol–water partition coefficient (Wildman–Crippen LogP) is 3.52. The predicted molar refractivity (Wildman–Crippen MR) is 92.6 cm³/mol. The maximum atomic E-state index is 12.2. The Morgan fingerprint density at radius 3 is 2.30 bits per heavy atom. The standard InChI is InChI=1S/C18H19NO3S/c1-13-4-5-14(2)17(12-13)18(20)10-11-19-15-6-8-16(9-7-15)23(3,21)22/h4-12,19H,1-3H3. The first kappa shape index (κ1) is 17.0. The van der Waals surface area contributed by atoms with Gasteiger partial charge >= 0.3 is 0 Å². The molecule has 2 aromatic carbocycles. The van der Waals surface area contributed by atoms with Crippen molar-refractivity contribution in [1.29, 1.82) is 0 Å². The van der Waals surface area contributed by atoms with Crippen LogP contribution in [0, 0.1) is 13.8 Å². The molecule has 0 fully saturated rings. The zero-order valence-electron chi connectivity index (χ0n) is 13.3.